The van der Waals surface area contributed by atoms with Crippen LogP contribution >= 0.6 is 11.6 Å². The first-order valence-electron chi connectivity index (χ1n) is 7.23. The number of para-hydroxylation sites is 1. The second kappa shape index (κ2) is 6.01. The number of fused-ring (bicyclic) bond motifs is 1. The third kappa shape index (κ3) is 2.80. The van der Waals surface area contributed by atoms with Crippen molar-refractivity contribution < 1.29 is 4.39 Å². The topological polar surface area (TPSA) is 54.2 Å². The minimum atomic E-state index is -0.445. The third-order valence-electron chi connectivity index (χ3n) is 3.80. The average molecular weight is 331 g/mol. The molecule has 2 aromatic carbocycles. The van der Waals surface area contributed by atoms with E-state index in [0.29, 0.717) is 23.7 Å². The van der Waals surface area contributed by atoms with Crippen molar-refractivity contribution in [3.05, 3.63) is 53.3 Å². The van der Waals surface area contributed by atoms with Crippen molar-refractivity contribution >= 4 is 40.3 Å². The van der Waals surface area contributed by atoms with Gasteiger partial charge in [0, 0.05) is 23.7 Å². The molecule has 0 bridgehead atoms. The second-order valence-electron chi connectivity index (χ2n) is 5.35. The number of hydrogen-bond donors (Lipinski definition) is 2. The van der Waals surface area contributed by atoms with Gasteiger partial charge in [0.05, 0.1) is 5.69 Å². The number of amidine groups is 2. The monoisotopic (exact) mass is 330 g/mol. The number of hydrogen-bond acceptors (Lipinski definition) is 3. The van der Waals surface area contributed by atoms with E-state index >= 15 is 0 Å². The zero-order valence-corrected chi connectivity index (χ0v) is 13.4. The molecule has 0 aliphatic carbocycles. The summed E-state index contributed by atoms with van der Waals surface area (Å²) in [7, 11) is 0. The molecule has 0 fully saturated rings. The van der Waals surface area contributed by atoms with Crippen molar-refractivity contribution in [1.29, 1.82) is 10.8 Å². The summed E-state index contributed by atoms with van der Waals surface area (Å²) < 4.78 is 14.5. The molecular formula is C17H16ClFN4. The highest BCUT2D eigenvalue weighted by atomic mass is 35.5. The van der Waals surface area contributed by atoms with Gasteiger partial charge in [-0.25, -0.2) is 4.39 Å². The van der Waals surface area contributed by atoms with Gasteiger partial charge in [0.25, 0.3) is 0 Å². The van der Waals surface area contributed by atoms with E-state index in [1.165, 1.54) is 11.0 Å². The molecule has 1 heterocycles. The van der Waals surface area contributed by atoms with Crippen LogP contribution in [0.3, 0.4) is 0 Å². The van der Waals surface area contributed by atoms with Crippen LogP contribution in [0.4, 0.5) is 21.5 Å². The zero-order chi connectivity index (χ0) is 16.6. The molecule has 0 saturated carbocycles. The number of nitrogens with one attached hydrogen (secondary N) is 2. The largest absolute Gasteiger partial charge is 0.339 e. The van der Waals surface area contributed by atoms with E-state index in [4.69, 9.17) is 22.4 Å². The van der Waals surface area contributed by atoms with Gasteiger partial charge in [-0.3, -0.25) is 15.7 Å². The molecule has 0 radical (unpaired) electrons. The van der Waals surface area contributed by atoms with Crippen LogP contribution in [-0.2, 0) is 0 Å². The quantitative estimate of drug-likeness (QED) is 0.583. The van der Waals surface area contributed by atoms with Crippen LogP contribution in [0.1, 0.15) is 13.3 Å². The summed E-state index contributed by atoms with van der Waals surface area (Å²) >= 11 is 5.95. The fraction of sp³-hybridized carbons (Fsp3) is 0.176. The fourth-order valence-electron chi connectivity index (χ4n) is 2.79. The average Bonchev–Trinajstić information content (AvgIpc) is 2.66. The second-order valence-corrected chi connectivity index (χ2v) is 5.79. The summed E-state index contributed by atoms with van der Waals surface area (Å²) in [6, 6.07) is 12.1. The van der Waals surface area contributed by atoms with Crippen molar-refractivity contribution in [2.45, 2.75) is 13.3 Å². The number of rotatable bonds is 1. The van der Waals surface area contributed by atoms with Crippen molar-refractivity contribution in [2.24, 2.45) is 0 Å². The highest BCUT2D eigenvalue weighted by Crippen LogP contribution is 2.39. The Morgan fingerprint density at radius 3 is 2.52 bits per heavy atom. The Morgan fingerprint density at radius 1 is 1.17 bits per heavy atom. The Hall–Kier alpha value is -2.40. The van der Waals surface area contributed by atoms with Crippen LogP contribution < -0.4 is 9.80 Å². The van der Waals surface area contributed by atoms with Gasteiger partial charge < -0.3 is 4.90 Å². The van der Waals surface area contributed by atoms with Gasteiger partial charge in [-0.15, -0.1) is 0 Å². The Labute approximate surface area is 139 Å². The predicted molar refractivity (Wildman–Crippen MR) is 93.1 cm³/mol. The maximum absolute atomic E-state index is 14.5. The highest BCUT2D eigenvalue weighted by molar-refractivity contribution is 6.30. The van der Waals surface area contributed by atoms with E-state index in [1.54, 1.807) is 25.1 Å². The minimum Gasteiger partial charge on any atom is -0.339 e. The molecule has 0 unspecified atom stereocenters. The lowest BCUT2D eigenvalue weighted by molar-refractivity contribution is 0.630. The number of anilines is 3. The lowest BCUT2D eigenvalue weighted by Crippen LogP contribution is -2.34. The Bertz CT molecular complexity index is 773. The lowest BCUT2D eigenvalue weighted by Gasteiger charge is -2.27. The molecule has 4 nitrogen and oxygen atoms in total. The molecule has 1 aliphatic heterocycles. The maximum Gasteiger partial charge on any atom is 0.149 e. The highest BCUT2D eigenvalue weighted by Gasteiger charge is 2.28. The zero-order valence-electron chi connectivity index (χ0n) is 12.6. The van der Waals surface area contributed by atoms with Gasteiger partial charge >= 0.3 is 0 Å². The smallest absolute Gasteiger partial charge is 0.149 e. The summed E-state index contributed by atoms with van der Waals surface area (Å²) in [5.41, 5.74) is 1.76. The molecule has 0 amide bonds. The molecule has 0 spiro atoms. The normalized spacial score (nSPS) is 14.5. The van der Waals surface area contributed by atoms with Gasteiger partial charge in [0.15, 0.2) is 0 Å². The van der Waals surface area contributed by atoms with E-state index in [1.807, 2.05) is 23.1 Å². The number of nitrogens with zero attached hydrogens (tertiary/aromatic N) is 2. The number of halogens is 2. The van der Waals surface area contributed by atoms with E-state index in [-0.39, 0.29) is 17.4 Å². The SMILES string of the molecule is CC(=N)N1C(=N)CCN(c2ccc(Cl)cc2)c2cccc(F)c21. The van der Waals surface area contributed by atoms with Gasteiger partial charge in [0.1, 0.15) is 23.2 Å². The van der Waals surface area contributed by atoms with E-state index in [2.05, 4.69) is 0 Å². The summed E-state index contributed by atoms with van der Waals surface area (Å²) in [4.78, 5) is 3.31. The Balaban J connectivity index is 2.19. The first kappa shape index (κ1) is 15.5. The predicted octanol–water partition coefficient (Wildman–Crippen LogP) is 4.80. The number of benzene rings is 2. The molecular weight excluding hydrogens is 315 g/mol. The van der Waals surface area contributed by atoms with Crippen LogP contribution in [0.5, 0.6) is 0 Å². The fourth-order valence-corrected chi connectivity index (χ4v) is 2.91. The molecule has 0 saturated heterocycles. The van der Waals surface area contributed by atoms with Crippen molar-refractivity contribution in [2.75, 3.05) is 16.3 Å². The molecule has 3 rings (SSSR count). The molecule has 2 aromatic rings. The maximum atomic E-state index is 14.5. The molecule has 1 aliphatic rings. The summed E-state index contributed by atoms with van der Waals surface area (Å²) in [6.07, 6.45) is 0.410. The van der Waals surface area contributed by atoms with Gasteiger partial charge in [-0.1, -0.05) is 17.7 Å². The van der Waals surface area contributed by atoms with E-state index in [9.17, 15) is 4.39 Å². The van der Waals surface area contributed by atoms with Crippen LogP contribution in [0.15, 0.2) is 42.5 Å². The van der Waals surface area contributed by atoms with Crippen LogP contribution in [0.2, 0.25) is 5.02 Å². The van der Waals surface area contributed by atoms with Gasteiger partial charge in [0.2, 0.25) is 0 Å². The molecule has 0 atom stereocenters. The Kier molecular flexibility index (Phi) is 4.05. The first-order valence-corrected chi connectivity index (χ1v) is 7.61. The third-order valence-corrected chi connectivity index (χ3v) is 4.05. The van der Waals surface area contributed by atoms with Crippen molar-refractivity contribution in [1.82, 2.24) is 0 Å². The Morgan fingerprint density at radius 2 is 1.87 bits per heavy atom. The van der Waals surface area contributed by atoms with Crippen LogP contribution in [-0.4, -0.2) is 18.2 Å². The van der Waals surface area contributed by atoms with E-state index < -0.39 is 5.82 Å². The summed E-state index contributed by atoms with van der Waals surface area (Å²) in [6.45, 7) is 2.09. The first-order chi connectivity index (χ1) is 11.0. The van der Waals surface area contributed by atoms with E-state index in [0.717, 1.165) is 5.69 Å². The minimum absolute atomic E-state index is 0.124. The molecule has 23 heavy (non-hydrogen) atoms. The van der Waals surface area contributed by atoms with Gasteiger partial charge in [-0.2, -0.15) is 0 Å². The summed E-state index contributed by atoms with van der Waals surface area (Å²) in [5, 5.41) is 16.8. The van der Waals surface area contributed by atoms with Crippen LogP contribution in [0.25, 0.3) is 0 Å². The van der Waals surface area contributed by atoms with Crippen LogP contribution in [0, 0.1) is 16.6 Å². The standard InChI is InChI=1S/C17H16ClFN4/c1-11(20)23-16(21)9-10-22(13-7-5-12(18)6-8-13)15-4-2-3-14(19)17(15)23/h2-8,20-21H,9-10H2,1H3. The molecule has 6 heteroatoms. The lowest BCUT2D eigenvalue weighted by atomic mass is 10.2. The van der Waals surface area contributed by atoms with Gasteiger partial charge in [-0.05, 0) is 43.3 Å². The summed E-state index contributed by atoms with van der Waals surface area (Å²) in [5.74, 6) is -0.112. The molecule has 0 aromatic heterocycles. The molecule has 2 N–H and O–H groups in total. The van der Waals surface area contributed by atoms with Crippen molar-refractivity contribution in [3.63, 3.8) is 0 Å². The van der Waals surface area contributed by atoms with Crippen molar-refractivity contribution in [3.8, 4) is 0 Å². The molecule has 118 valence electrons.